The molecule has 0 saturated heterocycles. The van der Waals surface area contributed by atoms with Crippen LogP contribution in [-0.4, -0.2) is 10.9 Å². The number of benzene rings is 1. The van der Waals surface area contributed by atoms with E-state index in [0.29, 0.717) is 11.3 Å². The van der Waals surface area contributed by atoms with Crippen molar-refractivity contribution in [2.75, 3.05) is 11.1 Å². The van der Waals surface area contributed by atoms with Gasteiger partial charge in [0, 0.05) is 29.3 Å². The molecule has 0 bridgehead atoms. The Kier molecular flexibility index (Phi) is 3.00. The van der Waals surface area contributed by atoms with Gasteiger partial charge < -0.3 is 11.1 Å². The molecule has 4 nitrogen and oxygen atoms in total. The maximum Gasteiger partial charge on any atom is 0.255 e. The molecule has 0 radical (unpaired) electrons. The lowest BCUT2D eigenvalue weighted by molar-refractivity contribution is 0.102. The summed E-state index contributed by atoms with van der Waals surface area (Å²) in [6, 6.07) is 7.01. The summed E-state index contributed by atoms with van der Waals surface area (Å²) in [5, 5.41) is 2.55. The number of carbonyl (C=O) groups is 1. The van der Waals surface area contributed by atoms with Gasteiger partial charge in [-0.05, 0) is 30.3 Å². The first-order valence-electron chi connectivity index (χ1n) is 4.92. The number of nitrogens with one attached hydrogen (secondary N) is 1. The number of nitrogens with zero attached hydrogens (tertiary/aromatic N) is 1. The van der Waals surface area contributed by atoms with Crippen molar-refractivity contribution >= 4 is 17.3 Å². The molecule has 0 aliphatic rings. The van der Waals surface area contributed by atoms with Gasteiger partial charge >= 0.3 is 0 Å². The van der Waals surface area contributed by atoms with Crippen LogP contribution < -0.4 is 11.1 Å². The summed E-state index contributed by atoms with van der Waals surface area (Å²) < 4.78 is 13.0. The number of hydrogen-bond acceptors (Lipinski definition) is 3. The van der Waals surface area contributed by atoms with Gasteiger partial charge in [0.1, 0.15) is 5.82 Å². The highest BCUT2D eigenvalue weighted by Crippen LogP contribution is 2.16. The van der Waals surface area contributed by atoms with Crippen LogP contribution in [0, 0.1) is 5.82 Å². The average Bonchev–Trinajstić information content (AvgIpc) is 2.28. The molecule has 1 aromatic heterocycles. The molecule has 0 atom stereocenters. The van der Waals surface area contributed by atoms with E-state index in [0.717, 1.165) is 0 Å². The number of halogens is 1. The van der Waals surface area contributed by atoms with Crippen molar-refractivity contribution in [2.45, 2.75) is 0 Å². The Balaban J connectivity index is 2.19. The molecule has 17 heavy (non-hydrogen) atoms. The number of anilines is 2. The summed E-state index contributed by atoms with van der Waals surface area (Å²) >= 11 is 0. The van der Waals surface area contributed by atoms with Gasteiger partial charge in [-0.25, -0.2) is 4.39 Å². The number of rotatable bonds is 2. The van der Waals surface area contributed by atoms with Gasteiger partial charge in [0.2, 0.25) is 0 Å². The summed E-state index contributed by atoms with van der Waals surface area (Å²) in [7, 11) is 0. The number of nitrogens with two attached hydrogens (primary N) is 1. The van der Waals surface area contributed by atoms with Crippen LogP contribution in [0.2, 0.25) is 0 Å². The van der Waals surface area contributed by atoms with Gasteiger partial charge in [-0.3, -0.25) is 9.78 Å². The zero-order chi connectivity index (χ0) is 12.3. The van der Waals surface area contributed by atoms with Crippen LogP contribution in [0.25, 0.3) is 0 Å². The average molecular weight is 231 g/mol. The Morgan fingerprint density at radius 2 is 1.94 bits per heavy atom. The molecule has 0 aliphatic heterocycles. The SMILES string of the molecule is Nc1cc(F)cc(NC(=O)c2ccncc2)c1. The van der Waals surface area contributed by atoms with E-state index in [9.17, 15) is 9.18 Å². The number of hydrogen-bond donors (Lipinski definition) is 2. The van der Waals surface area contributed by atoms with Crippen molar-refractivity contribution in [1.82, 2.24) is 4.98 Å². The van der Waals surface area contributed by atoms with Crippen molar-refractivity contribution in [2.24, 2.45) is 0 Å². The molecule has 1 aromatic carbocycles. The van der Waals surface area contributed by atoms with Crippen molar-refractivity contribution in [3.05, 3.63) is 54.1 Å². The zero-order valence-electron chi connectivity index (χ0n) is 8.85. The number of carbonyl (C=O) groups excluding carboxylic acids is 1. The standard InChI is InChI=1S/C12H10FN3O/c13-9-5-10(14)7-11(6-9)16-12(17)8-1-3-15-4-2-8/h1-7H,14H2,(H,16,17). The third kappa shape index (κ3) is 2.78. The molecule has 86 valence electrons. The topological polar surface area (TPSA) is 68.0 Å². The largest absolute Gasteiger partial charge is 0.399 e. The van der Waals surface area contributed by atoms with Gasteiger partial charge in [0.15, 0.2) is 0 Å². The van der Waals surface area contributed by atoms with E-state index in [1.165, 1.54) is 30.6 Å². The van der Waals surface area contributed by atoms with Crippen LogP contribution in [0.15, 0.2) is 42.7 Å². The predicted molar refractivity (Wildman–Crippen MR) is 63.0 cm³/mol. The Morgan fingerprint density at radius 3 is 2.59 bits per heavy atom. The summed E-state index contributed by atoms with van der Waals surface area (Å²) in [5.74, 6) is -0.826. The number of nitrogen functional groups attached to an aromatic ring is 1. The van der Waals surface area contributed by atoms with E-state index in [1.54, 1.807) is 12.1 Å². The second-order valence-corrected chi connectivity index (χ2v) is 3.46. The fourth-order valence-electron chi connectivity index (χ4n) is 1.39. The van der Waals surface area contributed by atoms with Crippen LogP contribution in [0.4, 0.5) is 15.8 Å². The summed E-state index contributed by atoms with van der Waals surface area (Å²) in [6.07, 6.45) is 3.02. The van der Waals surface area contributed by atoms with E-state index in [1.807, 2.05) is 0 Å². The quantitative estimate of drug-likeness (QED) is 0.777. The molecule has 1 amide bonds. The Bertz CT molecular complexity index is 522. The molecule has 0 saturated carbocycles. The molecule has 0 unspecified atom stereocenters. The van der Waals surface area contributed by atoms with E-state index in [4.69, 9.17) is 5.73 Å². The van der Waals surface area contributed by atoms with Crippen molar-refractivity contribution < 1.29 is 9.18 Å². The molecule has 0 aliphatic carbocycles. The minimum absolute atomic E-state index is 0.259. The van der Waals surface area contributed by atoms with Crippen molar-refractivity contribution in [3.63, 3.8) is 0 Å². The molecular weight excluding hydrogens is 221 g/mol. The third-order valence-electron chi connectivity index (χ3n) is 2.12. The van der Waals surface area contributed by atoms with E-state index in [-0.39, 0.29) is 11.6 Å². The second kappa shape index (κ2) is 4.61. The first-order chi connectivity index (χ1) is 8.15. The Labute approximate surface area is 97.3 Å². The van der Waals surface area contributed by atoms with Gasteiger partial charge in [-0.1, -0.05) is 0 Å². The first-order valence-corrected chi connectivity index (χ1v) is 4.92. The maximum absolute atomic E-state index is 13.0. The molecule has 0 fully saturated rings. The lowest BCUT2D eigenvalue weighted by Gasteiger charge is -2.06. The lowest BCUT2D eigenvalue weighted by atomic mass is 10.2. The van der Waals surface area contributed by atoms with Crippen LogP contribution >= 0.6 is 0 Å². The third-order valence-corrected chi connectivity index (χ3v) is 2.12. The molecule has 0 spiro atoms. The highest BCUT2D eigenvalue weighted by Gasteiger charge is 2.06. The molecule has 1 heterocycles. The van der Waals surface area contributed by atoms with Crippen molar-refractivity contribution in [1.29, 1.82) is 0 Å². The van der Waals surface area contributed by atoms with Crippen LogP contribution in [0.5, 0.6) is 0 Å². The Morgan fingerprint density at radius 1 is 1.24 bits per heavy atom. The molecule has 5 heteroatoms. The smallest absolute Gasteiger partial charge is 0.255 e. The summed E-state index contributed by atoms with van der Waals surface area (Å²) in [6.45, 7) is 0. The monoisotopic (exact) mass is 231 g/mol. The molecule has 2 aromatic rings. The number of pyridine rings is 1. The fraction of sp³-hybridized carbons (Fsp3) is 0. The molecule has 2 rings (SSSR count). The van der Waals surface area contributed by atoms with Crippen LogP contribution in [0.3, 0.4) is 0 Å². The predicted octanol–water partition coefficient (Wildman–Crippen LogP) is 2.06. The van der Waals surface area contributed by atoms with Gasteiger partial charge in [-0.15, -0.1) is 0 Å². The van der Waals surface area contributed by atoms with Crippen LogP contribution in [0.1, 0.15) is 10.4 Å². The number of amides is 1. The van der Waals surface area contributed by atoms with Crippen molar-refractivity contribution in [3.8, 4) is 0 Å². The highest BCUT2D eigenvalue weighted by molar-refractivity contribution is 6.04. The van der Waals surface area contributed by atoms with E-state index >= 15 is 0 Å². The lowest BCUT2D eigenvalue weighted by Crippen LogP contribution is -2.12. The van der Waals surface area contributed by atoms with Crippen LogP contribution in [-0.2, 0) is 0 Å². The zero-order valence-corrected chi connectivity index (χ0v) is 8.85. The van der Waals surface area contributed by atoms with E-state index in [2.05, 4.69) is 10.3 Å². The second-order valence-electron chi connectivity index (χ2n) is 3.46. The minimum atomic E-state index is -0.491. The van der Waals surface area contributed by atoms with Gasteiger partial charge in [-0.2, -0.15) is 0 Å². The normalized spacial score (nSPS) is 9.94. The number of aromatic nitrogens is 1. The first kappa shape index (κ1) is 11.1. The molecular formula is C12H10FN3O. The van der Waals surface area contributed by atoms with E-state index < -0.39 is 5.82 Å². The summed E-state index contributed by atoms with van der Waals surface area (Å²) in [4.78, 5) is 15.5. The van der Waals surface area contributed by atoms with Gasteiger partial charge in [0.05, 0.1) is 0 Å². The van der Waals surface area contributed by atoms with Gasteiger partial charge in [0.25, 0.3) is 5.91 Å². The molecule has 3 N–H and O–H groups in total. The highest BCUT2D eigenvalue weighted by atomic mass is 19.1. The minimum Gasteiger partial charge on any atom is -0.399 e. The summed E-state index contributed by atoms with van der Waals surface area (Å²) in [5.41, 5.74) is 6.50. The maximum atomic E-state index is 13.0. The fourth-order valence-corrected chi connectivity index (χ4v) is 1.39. The Hall–Kier alpha value is -2.43.